The second-order valence-corrected chi connectivity index (χ2v) is 6.26. The summed E-state index contributed by atoms with van der Waals surface area (Å²) in [6, 6.07) is 9.27. The number of H-pyrrole nitrogens is 1. The number of imidazole rings is 1. The van der Waals surface area contributed by atoms with Crippen molar-refractivity contribution < 1.29 is 8.42 Å². The molecule has 0 amide bonds. The Morgan fingerprint density at radius 3 is 2.60 bits per heavy atom. The summed E-state index contributed by atoms with van der Waals surface area (Å²) < 4.78 is 26.9. The van der Waals surface area contributed by atoms with Crippen LogP contribution in [0, 0.1) is 6.92 Å². The van der Waals surface area contributed by atoms with Crippen molar-refractivity contribution in [3.05, 3.63) is 47.9 Å². The van der Waals surface area contributed by atoms with E-state index in [0.717, 1.165) is 5.56 Å². The van der Waals surface area contributed by atoms with Crippen LogP contribution in [0.15, 0.2) is 41.6 Å². The highest BCUT2D eigenvalue weighted by molar-refractivity contribution is 7.89. The zero-order chi connectivity index (χ0) is 14.6. The lowest BCUT2D eigenvalue weighted by atomic mass is 10.1. The Morgan fingerprint density at radius 2 is 2.05 bits per heavy atom. The van der Waals surface area contributed by atoms with Crippen molar-refractivity contribution in [2.45, 2.75) is 24.4 Å². The maximum absolute atomic E-state index is 12.2. The maximum Gasteiger partial charge on any atom is 0.257 e. The molecule has 2 aromatic rings. The number of rotatable bonds is 6. The van der Waals surface area contributed by atoms with Crippen molar-refractivity contribution >= 4 is 10.0 Å². The van der Waals surface area contributed by atoms with E-state index >= 15 is 0 Å². The van der Waals surface area contributed by atoms with E-state index in [-0.39, 0.29) is 17.6 Å². The van der Waals surface area contributed by atoms with Gasteiger partial charge in [0.1, 0.15) is 5.82 Å². The van der Waals surface area contributed by atoms with Gasteiger partial charge < -0.3 is 10.7 Å². The third kappa shape index (κ3) is 3.66. The van der Waals surface area contributed by atoms with E-state index in [1.54, 1.807) is 6.92 Å². The molecule has 0 aliphatic heterocycles. The van der Waals surface area contributed by atoms with Gasteiger partial charge in [0.15, 0.2) is 5.03 Å². The van der Waals surface area contributed by atoms with Crippen LogP contribution >= 0.6 is 0 Å². The van der Waals surface area contributed by atoms with Gasteiger partial charge in [-0.3, -0.25) is 0 Å². The first-order valence-electron chi connectivity index (χ1n) is 6.29. The topological polar surface area (TPSA) is 101 Å². The summed E-state index contributed by atoms with van der Waals surface area (Å²) >= 11 is 0. The van der Waals surface area contributed by atoms with Crippen LogP contribution in [-0.4, -0.2) is 31.0 Å². The first-order valence-corrected chi connectivity index (χ1v) is 7.77. The standard InChI is InChI=1S/C13H18N4O2S/c1-10-15-9-13(16-10)20(18,19)17-12(8-14)7-11-5-3-2-4-6-11/h2-6,9,12,17H,7-8,14H2,1H3,(H,15,16). The van der Waals surface area contributed by atoms with Gasteiger partial charge in [-0.15, -0.1) is 0 Å². The second kappa shape index (κ2) is 6.17. The molecule has 4 N–H and O–H groups in total. The number of sulfonamides is 1. The lowest BCUT2D eigenvalue weighted by molar-refractivity contribution is 0.545. The highest BCUT2D eigenvalue weighted by Crippen LogP contribution is 2.08. The average molecular weight is 294 g/mol. The molecule has 0 saturated heterocycles. The zero-order valence-electron chi connectivity index (χ0n) is 11.2. The normalized spacial score (nSPS) is 13.3. The zero-order valence-corrected chi connectivity index (χ0v) is 12.0. The molecule has 6 nitrogen and oxygen atoms in total. The molecule has 2 rings (SSSR count). The van der Waals surface area contributed by atoms with Gasteiger partial charge >= 0.3 is 0 Å². The Morgan fingerprint density at radius 1 is 1.35 bits per heavy atom. The summed E-state index contributed by atoms with van der Waals surface area (Å²) in [6.45, 7) is 1.92. The molecule has 1 aromatic carbocycles. The quantitative estimate of drug-likeness (QED) is 0.725. The van der Waals surface area contributed by atoms with Crippen molar-refractivity contribution in [2.24, 2.45) is 5.73 Å². The fourth-order valence-electron chi connectivity index (χ4n) is 1.89. The van der Waals surface area contributed by atoms with E-state index in [9.17, 15) is 8.42 Å². The molecule has 108 valence electrons. The smallest absolute Gasteiger partial charge is 0.257 e. The van der Waals surface area contributed by atoms with Gasteiger partial charge in [-0.25, -0.2) is 18.1 Å². The minimum absolute atomic E-state index is 0.0570. The summed E-state index contributed by atoms with van der Waals surface area (Å²) in [6.07, 6.45) is 1.84. The fourth-order valence-corrected chi connectivity index (χ4v) is 3.11. The molecule has 0 saturated carbocycles. The minimum Gasteiger partial charge on any atom is -0.332 e. The third-order valence-electron chi connectivity index (χ3n) is 2.90. The molecule has 0 aliphatic carbocycles. The Kier molecular flexibility index (Phi) is 4.53. The number of nitrogens with one attached hydrogen (secondary N) is 2. The lowest BCUT2D eigenvalue weighted by Gasteiger charge is -2.16. The maximum atomic E-state index is 12.2. The predicted octanol–water partition coefficient (Wildman–Crippen LogP) is 0.566. The van der Waals surface area contributed by atoms with Crippen molar-refractivity contribution in [1.29, 1.82) is 0 Å². The molecule has 20 heavy (non-hydrogen) atoms. The molecule has 0 aliphatic rings. The van der Waals surface area contributed by atoms with Gasteiger partial charge in [0.2, 0.25) is 0 Å². The highest BCUT2D eigenvalue weighted by atomic mass is 32.2. The van der Waals surface area contributed by atoms with Crippen LogP contribution in [0.5, 0.6) is 0 Å². The van der Waals surface area contributed by atoms with Crippen LogP contribution in [-0.2, 0) is 16.4 Å². The Balaban J connectivity index is 2.10. The Hall–Kier alpha value is -1.70. The number of benzene rings is 1. The van der Waals surface area contributed by atoms with E-state index in [2.05, 4.69) is 14.7 Å². The van der Waals surface area contributed by atoms with Gasteiger partial charge in [0.25, 0.3) is 10.0 Å². The van der Waals surface area contributed by atoms with E-state index in [1.165, 1.54) is 6.20 Å². The minimum atomic E-state index is -3.62. The number of hydrogen-bond acceptors (Lipinski definition) is 4. The number of nitrogens with zero attached hydrogens (tertiary/aromatic N) is 1. The first-order chi connectivity index (χ1) is 9.51. The molecule has 0 spiro atoms. The number of aromatic nitrogens is 2. The summed E-state index contributed by atoms with van der Waals surface area (Å²) in [5, 5.41) is 0.0570. The summed E-state index contributed by atoms with van der Waals surface area (Å²) in [4.78, 5) is 6.60. The molecule has 1 unspecified atom stereocenters. The Bertz CT molecular complexity index is 652. The van der Waals surface area contributed by atoms with Crippen molar-refractivity contribution in [3.63, 3.8) is 0 Å². The summed E-state index contributed by atoms with van der Waals surface area (Å²) in [5.74, 6) is 0.553. The second-order valence-electron chi connectivity index (χ2n) is 4.58. The van der Waals surface area contributed by atoms with Gasteiger partial charge in [0.05, 0.1) is 6.20 Å². The summed E-state index contributed by atoms with van der Waals surface area (Å²) in [5.41, 5.74) is 6.69. The van der Waals surface area contributed by atoms with Crippen LogP contribution in [0.2, 0.25) is 0 Å². The largest absolute Gasteiger partial charge is 0.332 e. The highest BCUT2D eigenvalue weighted by Gasteiger charge is 2.21. The van der Waals surface area contributed by atoms with E-state index in [1.807, 2.05) is 30.3 Å². The number of aromatic amines is 1. The molecular weight excluding hydrogens is 276 g/mol. The van der Waals surface area contributed by atoms with Crippen LogP contribution in [0.4, 0.5) is 0 Å². The number of hydrogen-bond donors (Lipinski definition) is 3. The third-order valence-corrected chi connectivity index (χ3v) is 4.33. The van der Waals surface area contributed by atoms with Crippen LogP contribution < -0.4 is 10.5 Å². The monoisotopic (exact) mass is 294 g/mol. The first kappa shape index (κ1) is 14.7. The van der Waals surface area contributed by atoms with Gasteiger partial charge in [-0.2, -0.15) is 0 Å². The fraction of sp³-hybridized carbons (Fsp3) is 0.308. The Labute approximate surface area is 118 Å². The van der Waals surface area contributed by atoms with Crippen LogP contribution in [0.3, 0.4) is 0 Å². The molecule has 0 bridgehead atoms. The molecule has 1 aromatic heterocycles. The van der Waals surface area contributed by atoms with Gasteiger partial charge in [-0.1, -0.05) is 30.3 Å². The van der Waals surface area contributed by atoms with Crippen molar-refractivity contribution in [3.8, 4) is 0 Å². The summed E-state index contributed by atoms with van der Waals surface area (Å²) in [7, 11) is -3.62. The number of nitrogens with two attached hydrogens (primary N) is 1. The SMILES string of the molecule is Cc1ncc(S(=O)(=O)NC(CN)Cc2ccccc2)[nH]1. The van der Waals surface area contributed by atoms with E-state index in [4.69, 9.17) is 5.73 Å². The van der Waals surface area contributed by atoms with Crippen LogP contribution in [0.1, 0.15) is 11.4 Å². The van der Waals surface area contributed by atoms with E-state index in [0.29, 0.717) is 12.2 Å². The van der Waals surface area contributed by atoms with E-state index < -0.39 is 10.0 Å². The van der Waals surface area contributed by atoms with Crippen molar-refractivity contribution in [2.75, 3.05) is 6.54 Å². The molecule has 1 heterocycles. The molecular formula is C13H18N4O2S. The average Bonchev–Trinajstić information content (AvgIpc) is 2.86. The van der Waals surface area contributed by atoms with Crippen LogP contribution in [0.25, 0.3) is 0 Å². The lowest BCUT2D eigenvalue weighted by Crippen LogP contribution is -2.41. The molecule has 1 atom stereocenters. The van der Waals surface area contributed by atoms with Gasteiger partial charge in [0, 0.05) is 12.6 Å². The molecule has 0 fully saturated rings. The van der Waals surface area contributed by atoms with Crippen molar-refractivity contribution in [1.82, 2.24) is 14.7 Å². The van der Waals surface area contributed by atoms with Gasteiger partial charge in [-0.05, 0) is 18.9 Å². The molecule has 7 heteroatoms. The number of aryl methyl sites for hydroxylation is 1. The predicted molar refractivity (Wildman–Crippen MR) is 76.6 cm³/mol. The molecule has 0 radical (unpaired) electrons.